The third-order valence-corrected chi connectivity index (χ3v) is 5.43. The summed E-state index contributed by atoms with van der Waals surface area (Å²) in [5.41, 5.74) is 3.67. The molecule has 0 saturated carbocycles. The van der Waals surface area contributed by atoms with Gasteiger partial charge in [-0.15, -0.1) is 0 Å². The largest absolute Gasteiger partial charge is 0.481 e. The quantitative estimate of drug-likeness (QED) is 0.509. The van der Waals surface area contributed by atoms with E-state index in [0.717, 1.165) is 29.4 Å². The Bertz CT molecular complexity index is 1010. The van der Waals surface area contributed by atoms with Crippen molar-refractivity contribution in [3.63, 3.8) is 0 Å². The van der Waals surface area contributed by atoms with Crippen LogP contribution in [0.2, 0.25) is 0 Å². The van der Waals surface area contributed by atoms with Crippen LogP contribution in [0.3, 0.4) is 0 Å². The minimum Gasteiger partial charge on any atom is -0.481 e. The molecule has 11 heteroatoms. The van der Waals surface area contributed by atoms with E-state index in [1.807, 2.05) is 53.8 Å². The first-order valence-electron chi connectivity index (χ1n) is 10.3. The van der Waals surface area contributed by atoms with Crippen molar-refractivity contribution in [2.45, 2.75) is 30.7 Å². The number of hydrogen-bond acceptors (Lipinski definition) is 5. The van der Waals surface area contributed by atoms with Gasteiger partial charge in [0, 0.05) is 19.6 Å². The van der Waals surface area contributed by atoms with E-state index in [-0.39, 0.29) is 12.5 Å². The molecule has 0 aliphatic heterocycles. The van der Waals surface area contributed by atoms with E-state index >= 15 is 0 Å². The highest BCUT2D eigenvalue weighted by Crippen LogP contribution is 2.44. The van der Waals surface area contributed by atoms with Crippen molar-refractivity contribution in [1.29, 1.82) is 0 Å². The van der Waals surface area contributed by atoms with Gasteiger partial charge in [-0.3, -0.25) is 9.59 Å². The zero-order chi connectivity index (χ0) is 24.9. The second kappa shape index (κ2) is 10.6. The summed E-state index contributed by atoms with van der Waals surface area (Å²) < 4.78 is 50.2. The van der Waals surface area contributed by atoms with Crippen LogP contribution in [0.5, 0.6) is 0 Å². The number of alkyl halides is 3. The number of carboxylic acid groups (broad SMARTS) is 1. The summed E-state index contributed by atoms with van der Waals surface area (Å²) in [6.45, 7) is -0.711. The van der Waals surface area contributed by atoms with E-state index in [9.17, 15) is 27.6 Å². The average Bonchev–Trinajstić information content (AvgIpc) is 3.11. The Labute approximate surface area is 193 Å². The number of benzene rings is 2. The second-order valence-electron chi connectivity index (χ2n) is 7.65. The van der Waals surface area contributed by atoms with Crippen molar-refractivity contribution >= 4 is 18.0 Å². The number of nitrogens with one attached hydrogen (secondary N) is 2. The number of halogens is 3. The second-order valence-corrected chi connectivity index (χ2v) is 7.65. The highest BCUT2D eigenvalue weighted by atomic mass is 19.4. The topological polar surface area (TPSA) is 114 Å². The Kier molecular flexibility index (Phi) is 7.77. The molecule has 0 heterocycles. The molecule has 1 aliphatic carbocycles. The number of alkyl carbamates (subject to hydrolysis) is 1. The van der Waals surface area contributed by atoms with Gasteiger partial charge in [-0.2, -0.15) is 13.2 Å². The minimum absolute atomic E-state index is 0.226. The molecule has 0 radical (unpaired) electrons. The lowest BCUT2D eigenvalue weighted by Crippen LogP contribution is -2.56. The molecule has 8 nitrogen and oxygen atoms in total. The van der Waals surface area contributed by atoms with Crippen molar-refractivity contribution < 1.29 is 42.1 Å². The molecule has 2 aromatic rings. The Balaban J connectivity index is 1.64. The Morgan fingerprint density at radius 2 is 1.59 bits per heavy atom. The molecule has 2 unspecified atom stereocenters. The summed E-state index contributed by atoms with van der Waals surface area (Å²) in [6.07, 6.45) is -8.07. The van der Waals surface area contributed by atoms with Crippen LogP contribution in [0.15, 0.2) is 48.5 Å². The van der Waals surface area contributed by atoms with Crippen LogP contribution in [-0.4, -0.2) is 61.7 Å². The number of hydrogen-bond donors (Lipinski definition) is 3. The summed E-state index contributed by atoms with van der Waals surface area (Å²) in [5, 5.41) is 12.3. The number of carbonyl (C=O) groups is 3. The molecule has 0 aromatic heterocycles. The van der Waals surface area contributed by atoms with Crippen LogP contribution in [0, 0.1) is 0 Å². The number of fused-ring (bicyclic) bond motifs is 3. The molecule has 2 atom stereocenters. The molecule has 2 amide bonds. The fourth-order valence-corrected chi connectivity index (χ4v) is 3.80. The number of rotatable bonds is 9. The average molecular weight is 480 g/mol. The molecule has 0 saturated heterocycles. The first-order valence-corrected chi connectivity index (χ1v) is 10.3. The molecule has 182 valence electrons. The van der Waals surface area contributed by atoms with Crippen LogP contribution < -0.4 is 10.6 Å². The number of amides is 2. The molecule has 0 bridgehead atoms. The maximum absolute atomic E-state index is 13.4. The molecule has 3 N–H and O–H groups in total. The zero-order valence-corrected chi connectivity index (χ0v) is 18.1. The normalized spacial score (nSPS) is 14.5. The molecule has 0 spiro atoms. The Morgan fingerprint density at radius 3 is 2.09 bits per heavy atom. The summed E-state index contributed by atoms with van der Waals surface area (Å²) in [7, 11) is 1.16. The van der Waals surface area contributed by atoms with Crippen molar-refractivity contribution in [3.05, 3.63) is 59.7 Å². The summed E-state index contributed by atoms with van der Waals surface area (Å²) in [5.74, 6) is -3.17. The SMILES string of the molecule is COC(CNC(=O)C(NC(=O)OCC1c2ccccc2-c2ccccc21)C(F)(F)F)CC(=O)O. The zero-order valence-electron chi connectivity index (χ0n) is 18.1. The number of ether oxygens (including phenoxy) is 2. The van der Waals surface area contributed by atoms with Crippen molar-refractivity contribution in [2.24, 2.45) is 0 Å². The molecule has 0 fully saturated rings. The number of aliphatic carboxylic acids is 1. The predicted octanol–water partition coefficient (Wildman–Crippen LogP) is 3.06. The van der Waals surface area contributed by atoms with Crippen LogP contribution >= 0.6 is 0 Å². The lowest BCUT2D eigenvalue weighted by atomic mass is 9.98. The third kappa shape index (κ3) is 5.84. The smallest absolute Gasteiger partial charge is 0.417 e. The van der Waals surface area contributed by atoms with Crippen LogP contribution in [0.4, 0.5) is 18.0 Å². The Hall–Kier alpha value is -3.60. The van der Waals surface area contributed by atoms with Gasteiger partial charge in [-0.1, -0.05) is 48.5 Å². The van der Waals surface area contributed by atoms with Gasteiger partial charge in [-0.25, -0.2) is 4.79 Å². The predicted molar refractivity (Wildman–Crippen MR) is 114 cm³/mol. The van der Waals surface area contributed by atoms with Crippen molar-refractivity contribution in [1.82, 2.24) is 10.6 Å². The number of carbonyl (C=O) groups excluding carboxylic acids is 2. The van der Waals surface area contributed by atoms with E-state index in [0.29, 0.717) is 0 Å². The maximum Gasteiger partial charge on any atom is 0.417 e. The lowest BCUT2D eigenvalue weighted by molar-refractivity contribution is -0.168. The monoisotopic (exact) mass is 480 g/mol. The van der Waals surface area contributed by atoms with Crippen molar-refractivity contribution in [2.75, 3.05) is 20.3 Å². The van der Waals surface area contributed by atoms with Gasteiger partial charge < -0.3 is 25.2 Å². The summed E-state index contributed by atoms with van der Waals surface area (Å²) in [6, 6.07) is 12.0. The first kappa shape index (κ1) is 25.0. The molecule has 34 heavy (non-hydrogen) atoms. The molecule has 2 aromatic carbocycles. The van der Waals surface area contributed by atoms with Gasteiger partial charge in [0.1, 0.15) is 6.61 Å². The van der Waals surface area contributed by atoms with Gasteiger partial charge in [-0.05, 0) is 22.3 Å². The van der Waals surface area contributed by atoms with Crippen LogP contribution in [0.25, 0.3) is 11.1 Å². The van der Waals surface area contributed by atoms with Crippen LogP contribution in [0.1, 0.15) is 23.5 Å². The third-order valence-electron chi connectivity index (χ3n) is 5.43. The van der Waals surface area contributed by atoms with E-state index in [2.05, 4.69) is 0 Å². The van der Waals surface area contributed by atoms with Crippen LogP contribution in [-0.2, 0) is 19.1 Å². The molecule has 1 aliphatic rings. The standard InChI is InChI=1S/C23H23F3N2O6/c1-33-13(10-19(29)30)11-27-21(31)20(23(24,25)26)28-22(32)34-12-18-16-8-4-2-6-14(16)15-7-3-5-9-17(15)18/h2-9,13,18,20H,10-12H2,1H3,(H,27,31)(H,28,32)(H,29,30). The molecular weight excluding hydrogens is 457 g/mol. The van der Waals surface area contributed by atoms with E-state index < -0.39 is 49.3 Å². The van der Waals surface area contributed by atoms with Gasteiger partial charge >= 0.3 is 18.2 Å². The summed E-state index contributed by atoms with van der Waals surface area (Å²) in [4.78, 5) is 35.1. The summed E-state index contributed by atoms with van der Waals surface area (Å²) >= 11 is 0. The minimum atomic E-state index is -5.11. The van der Waals surface area contributed by atoms with Crippen molar-refractivity contribution in [3.8, 4) is 11.1 Å². The van der Waals surface area contributed by atoms with E-state index in [1.165, 1.54) is 0 Å². The number of methoxy groups -OCH3 is 1. The molecule has 3 rings (SSSR count). The van der Waals surface area contributed by atoms with Gasteiger partial charge in [0.15, 0.2) is 0 Å². The Morgan fingerprint density at radius 1 is 1.03 bits per heavy atom. The molecular formula is C23H23F3N2O6. The first-order chi connectivity index (χ1) is 16.1. The van der Waals surface area contributed by atoms with Gasteiger partial charge in [0.05, 0.1) is 12.5 Å². The highest BCUT2D eigenvalue weighted by Gasteiger charge is 2.46. The van der Waals surface area contributed by atoms with Gasteiger partial charge in [0.2, 0.25) is 6.04 Å². The fourth-order valence-electron chi connectivity index (χ4n) is 3.80. The van der Waals surface area contributed by atoms with Gasteiger partial charge in [0.25, 0.3) is 5.91 Å². The lowest BCUT2D eigenvalue weighted by Gasteiger charge is -2.22. The fraction of sp³-hybridized carbons (Fsp3) is 0.348. The highest BCUT2D eigenvalue weighted by molar-refractivity contribution is 5.86. The van der Waals surface area contributed by atoms with E-state index in [1.54, 1.807) is 5.32 Å². The van der Waals surface area contributed by atoms with E-state index in [4.69, 9.17) is 14.6 Å². The maximum atomic E-state index is 13.4. The number of carboxylic acids is 1.